The van der Waals surface area contributed by atoms with E-state index in [9.17, 15) is 10.1 Å². The van der Waals surface area contributed by atoms with Gasteiger partial charge in [0.1, 0.15) is 17.4 Å². The average Bonchev–Trinajstić information content (AvgIpc) is 2.61. The maximum absolute atomic E-state index is 12.5. The molecule has 0 bridgehead atoms. The summed E-state index contributed by atoms with van der Waals surface area (Å²) in [5.41, 5.74) is 3.22. The number of nitriles is 1. The van der Waals surface area contributed by atoms with Gasteiger partial charge in [-0.2, -0.15) is 5.26 Å². The minimum absolute atomic E-state index is 0.0190. The van der Waals surface area contributed by atoms with E-state index in [1.54, 1.807) is 18.2 Å². The molecule has 0 unspecified atom stereocenters. The highest BCUT2D eigenvalue weighted by Crippen LogP contribution is 2.26. The van der Waals surface area contributed by atoms with Gasteiger partial charge in [-0.25, -0.2) is 0 Å². The molecule has 0 spiro atoms. The topological polar surface area (TPSA) is 62.1 Å². The van der Waals surface area contributed by atoms with Gasteiger partial charge in [-0.3, -0.25) is 4.79 Å². The van der Waals surface area contributed by atoms with Crippen molar-refractivity contribution in [1.82, 2.24) is 0 Å². The highest BCUT2D eigenvalue weighted by Gasteiger charge is 2.13. The van der Waals surface area contributed by atoms with E-state index in [-0.39, 0.29) is 5.57 Å². The Labute approximate surface area is 159 Å². The Hall–Kier alpha value is -2.77. The molecule has 0 fully saturated rings. The molecular weight excluding hydrogens is 348 g/mol. The predicted molar refractivity (Wildman–Crippen MR) is 105 cm³/mol. The Morgan fingerprint density at radius 3 is 2.73 bits per heavy atom. The first-order chi connectivity index (χ1) is 12.4. The van der Waals surface area contributed by atoms with Crippen molar-refractivity contribution >= 4 is 29.3 Å². The molecule has 0 heterocycles. The van der Waals surface area contributed by atoms with E-state index < -0.39 is 5.91 Å². The van der Waals surface area contributed by atoms with E-state index in [2.05, 4.69) is 5.32 Å². The number of carbonyl (C=O) groups excluding carboxylic acids is 1. The molecule has 5 heteroatoms. The highest BCUT2D eigenvalue weighted by atomic mass is 35.5. The van der Waals surface area contributed by atoms with Crippen LogP contribution in [0.3, 0.4) is 0 Å². The Kier molecular flexibility index (Phi) is 6.82. The number of carbonyl (C=O) groups is 1. The zero-order valence-electron chi connectivity index (χ0n) is 15.1. The quantitative estimate of drug-likeness (QED) is 0.556. The number of benzene rings is 2. The van der Waals surface area contributed by atoms with Crippen molar-refractivity contribution in [3.05, 3.63) is 63.7 Å². The summed E-state index contributed by atoms with van der Waals surface area (Å²) in [6, 6.07) is 12.9. The number of hydrogen-bond acceptors (Lipinski definition) is 3. The first-order valence-electron chi connectivity index (χ1n) is 8.37. The van der Waals surface area contributed by atoms with Gasteiger partial charge in [-0.1, -0.05) is 30.7 Å². The summed E-state index contributed by atoms with van der Waals surface area (Å²) in [7, 11) is 0. The van der Waals surface area contributed by atoms with E-state index in [4.69, 9.17) is 16.3 Å². The van der Waals surface area contributed by atoms with Crippen molar-refractivity contribution in [3.63, 3.8) is 0 Å². The second kappa shape index (κ2) is 9.07. The lowest BCUT2D eigenvalue weighted by Gasteiger charge is -2.11. The minimum atomic E-state index is -0.470. The summed E-state index contributed by atoms with van der Waals surface area (Å²) in [6.45, 7) is 6.39. The zero-order valence-corrected chi connectivity index (χ0v) is 15.9. The van der Waals surface area contributed by atoms with Crippen molar-refractivity contribution < 1.29 is 9.53 Å². The maximum Gasteiger partial charge on any atom is 0.266 e. The molecule has 2 aromatic rings. The Bertz CT molecular complexity index is 882. The molecule has 0 saturated carbocycles. The zero-order chi connectivity index (χ0) is 19.1. The summed E-state index contributed by atoms with van der Waals surface area (Å²) in [5.74, 6) is 0.117. The number of amides is 1. The molecule has 2 aromatic carbocycles. The van der Waals surface area contributed by atoms with E-state index in [0.29, 0.717) is 28.6 Å². The molecule has 26 heavy (non-hydrogen) atoms. The van der Waals surface area contributed by atoms with E-state index in [0.717, 1.165) is 17.5 Å². The molecule has 0 radical (unpaired) electrons. The van der Waals surface area contributed by atoms with Crippen LogP contribution in [0.1, 0.15) is 30.0 Å². The van der Waals surface area contributed by atoms with Gasteiger partial charge in [0.15, 0.2) is 0 Å². The van der Waals surface area contributed by atoms with Gasteiger partial charge in [-0.05, 0) is 61.7 Å². The molecule has 1 N–H and O–H groups in total. The van der Waals surface area contributed by atoms with Crippen molar-refractivity contribution in [1.29, 1.82) is 5.26 Å². The Balaban J connectivity index is 2.32. The predicted octanol–water partition coefficient (Wildman–Crippen LogP) is 5.29. The normalized spacial score (nSPS) is 11.0. The summed E-state index contributed by atoms with van der Waals surface area (Å²) in [6.07, 6.45) is 2.35. The molecule has 0 aromatic heterocycles. The van der Waals surface area contributed by atoms with Crippen LogP contribution in [-0.4, -0.2) is 12.5 Å². The molecule has 134 valence electrons. The fraction of sp³-hybridized carbons (Fsp3) is 0.238. The molecule has 2 rings (SSSR count). The summed E-state index contributed by atoms with van der Waals surface area (Å²) in [5, 5.41) is 12.7. The van der Waals surface area contributed by atoms with Gasteiger partial charge in [0.25, 0.3) is 5.91 Å². The van der Waals surface area contributed by atoms with Crippen LogP contribution in [0, 0.1) is 25.2 Å². The number of aryl methyl sites for hydroxylation is 2. The van der Waals surface area contributed by atoms with Crippen molar-refractivity contribution in [3.8, 4) is 11.8 Å². The average molecular weight is 369 g/mol. The lowest BCUT2D eigenvalue weighted by Crippen LogP contribution is -2.14. The summed E-state index contributed by atoms with van der Waals surface area (Å²) < 4.78 is 5.68. The first kappa shape index (κ1) is 19.6. The molecule has 1 amide bonds. The number of ether oxygens (including phenoxy) is 1. The SMILES string of the molecule is CCCOc1ccc(Cl)cc1/C=C(\C#N)C(=O)Nc1cc(C)ccc1C. The maximum atomic E-state index is 12.5. The number of nitrogens with one attached hydrogen (secondary N) is 1. The molecule has 4 nitrogen and oxygen atoms in total. The number of hydrogen-bond donors (Lipinski definition) is 1. The van der Waals surface area contributed by atoms with Gasteiger partial charge in [0.05, 0.1) is 6.61 Å². The number of nitrogens with zero attached hydrogens (tertiary/aromatic N) is 1. The summed E-state index contributed by atoms with van der Waals surface area (Å²) >= 11 is 6.06. The van der Waals surface area contributed by atoms with Gasteiger partial charge in [0, 0.05) is 16.3 Å². The monoisotopic (exact) mass is 368 g/mol. The first-order valence-corrected chi connectivity index (χ1v) is 8.75. The van der Waals surface area contributed by atoms with E-state index in [1.165, 1.54) is 6.08 Å². The Morgan fingerprint density at radius 2 is 2.04 bits per heavy atom. The molecular formula is C21H21ClN2O2. The largest absolute Gasteiger partial charge is 0.493 e. The molecule has 0 saturated heterocycles. The number of rotatable bonds is 6. The molecule has 0 aliphatic carbocycles. The molecule has 0 atom stereocenters. The number of halogens is 1. The highest BCUT2D eigenvalue weighted by molar-refractivity contribution is 6.30. The van der Waals surface area contributed by atoms with Crippen LogP contribution >= 0.6 is 11.6 Å². The van der Waals surface area contributed by atoms with Crippen molar-refractivity contribution in [2.45, 2.75) is 27.2 Å². The third-order valence-corrected chi connectivity index (χ3v) is 3.97. The van der Waals surface area contributed by atoms with Gasteiger partial charge in [-0.15, -0.1) is 0 Å². The molecule has 0 aliphatic heterocycles. The van der Waals surface area contributed by atoms with Gasteiger partial charge >= 0.3 is 0 Å². The van der Waals surface area contributed by atoms with Crippen LogP contribution in [0.2, 0.25) is 5.02 Å². The van der Waals surface area contributed by atoms with Gasteiger partial charge in [0.2, 0.25) is 0 Å². The smallest absolute Gasteiger partial charge is 0.266 e. The second-order valence-electron chi connectivity index (χ2n) is 5.97. The van der Waals surface area contributed by atoms with E-state index >= 15 is 0 Å². The third-order valence-electron chi connectivity index (χ3n) is 3.74. The third kappa shape index (κ3) is 5.11. The fourth-order valence-corrected chi connectivity index (χ4v) is 2.52. The summed E-state index contributed by atoms with van der Waals surface area (Å²) in [4.78, 5) is 12.5. The van der Waals surface area contributed by atoms with Crippen LogP contribution in [0.15, 0.2) is 42.0 Å². The van der Waals surface area contributed by atoms with Crippen LogP contribution in [0.4, 0.5) is 5.69 Å². The van der Waals surface area contributed by atoms with Crippen LogP contribution in [0.5, 0.6) is 5.75 Å². The lowest BCUT2D eigenvalue weighted by atomic mass is 10.1. The Morgan fingerprint density at radius 1 is 1.27 bits per heavy atom. The lowest BCUT2D eigenvalue weighted by molar-refractivity contribution is -0.112. The van der Waals surface area contributed by atoms with Crippen LogP contribution in [-0.2, 0) is 4.79 Å². The fourth-order valence-electron chi connectivity index (χ4n) is 2.34. The van der Waals surface area contributed by atoms with E-state index in [1.807, 2.05) is 45.0 Å². The van der Waals surface area contributed by atoms with Gasteiger partial charge < -0.3 is 10.1 Å². The second-order valence-corrected chi connectivity index (χ2v) is 6.41. The van der Waals surface area contributed by atoms with Crippen LogP contribution in [0.25, 0.3) is 6.08 Å². The van der Waals surface area contributed by atoms with Crippen molar-refractivity contribution in [2.24, 2.45) is 0 Å². The molecule has 0 aliphatic rings. The number of anilines is 1. The van der Waals surface area contributed by atoms with Crippen LogP contribution < -0.4 is 10.1 Å². The van der Waals surface area contributed by atoms with Crippen molar-refractivity contribution in [2.75, 3.05) is 11.9 Å². The standard InChI is InChI=1S/C21H21ClN2O2/c1-4-9-26-20-8-7-18(22)12-16(20)11-17(13-23)21(25)24-19-10-14(2)5-6-15(19)3/h5-8,10-12H,4,9H2,1-3H3,(H,24,25)/b17-11+. The minimum Gasteiger partial charge on any atom is -0.493 e.